The number of nitrogens with zero attached hydrogens (tertiary/aromatic N) is 4. The molecule has 1 aliphatic rings. The van der Waals surface area contributed by atoms with E-state index in [4.69, 9.17) is 11.6 Å². The minimum atomic E-state index is -0.439. The van der Waals surface area contributed by atoms with Crippen LogP contribution in [0, 0.1) is 17.0 Å². The van der Waals surface area contributed by atoms with E-state index in [9.17, 15) is 10.1 Å². The lowest BCUT2D eigenvalue weighted by Gasteiger charge is -2.17. The molecule has 120 valence electrons. The van der Waals surface area contributed by atoms with Gasteiger partial charge in [0.1, 0.15) is 6.33 Å². The molecule has 0 aliphatic carbocycles. The van der Waals surface area contributed by atoms with Gasteiger partial charge in [-0.15, -0.1) is 0 Å². The minimum absolute atomic E-state index is 0.105. The molecule has 7 nitrogen and oxygen atoms in total. The summed E-state index contributed by atoms with van der Waals surface area (Å²) >= 11 is 6.10. The zero-order chi connectivity index (χ0) is 16.4. The van der Waals surface area contributed by atoms with E-state index in [0.29, 0.717) is 16.5 Å². The lowest BCUT2D eigenvalue weighted by molar-refractivity contribution is -0.383. The average Bonchev–Trinajstić information content (AvgIpc) is 3.05. The Hall–Kier alpha value is -2.41. The molecule has 0 atom stereocenters. The molecule has 1 aliphatic heterocycles. The molecule has 8 heteroatoms. The van der Waals surface area contributed by atoms with Gasteiger partial charge in [0, 0.05) is 23.8 Å². The third-order valence-electron chi connectivity index (χ3n) is 3.83. The van der Waals surface area contributed by atoms with E-state index in [1.54, 1.807) is 6.07 Å². The highest BCUT2D eigenvalue weighted by Crippen LogP contribution is 2.35. The lowest BCUT2D eigenvalue weighted by atomic mass is 10.2. The highest BCUT2D eigenvalue weighted by Gasteiger charge is 2.28. The van der Waals surface area contributed by atoms with Crippen LogP contribution >= 0.6 is 11.6 Å². The first-order valence-electron chi connectivity index (χ1n) is 7.34. The molecule has 0 spiro atoms. The van der Waals surface area contributed by atoms with E-state index >= 15 is 0 Å². The monoisotopic (exact) mass is 333 g/mol. The van der Waals surface area contributed by atoms with Crippen molar-refractivity contribution in [2.45, 2.75) is 19.8 Å². The third-order valence-corrected chi connectivity index (χ3v) is 4.23. The summed E-state index contributed by atoms with van der Waals surface area (Å²) in [5.74, 6) is 0.537. The van der Waals surface area contributed by atoms with Gasteiger partial charge in [0.25, 0.3) is 0 Å². The summed E-state index contributed by atoms with van der Waals surface area (Å²) < 4.78 is 0. The quantitative estimate of drug-likeness (QED) is 0.678. The number of aryl methyl sites for hydroxylation is 1. The van der Waals surface area contributed by atoms with Gasteiger partial charge in [0.05, 0.1) is 4.92 Å². The first-order chi connectivity index (χ1) is 11.1. The summed E-state index contributed by atoms with van der Waals surface area (Å²) in [6.07, 6.45) is 3.37. The number of nitrogens with one attached hydrogen (secondary N) is 1. The Kier molecular flexibility index (Phi) is 4.29. The Balaban J connectivity index is 1.99. The van der Waals surface area contributed by atoms with Gasteiger partial charge in [-0.25, -0.2) is 9.97 Å². The van der Waals surface area contributed by atoms with Crippen LogP contribution in [0.25, 0.3) is 0 Å². The van der Waals surface area contributed by atoms with Gasteiger partial charge in [-0.3, -0.25) is 10.1 Å². The van der Waals surface area contributed by atoms with Gasteiger partial charge in [0.15, 0.2) is 0 Å². The molecule has 23 heavy (non-hydrogen) atoms. The largest absolute Gasteiger partial charge is 0.353 e. The zero-order valence-corrected chi connectivity index (χ0v) is 13.4. The molecule has 1 aromatic heterocycles. The van der Waals surface area contributed by atoms with E-state index in [0.717, 1.165) is 31.5 Å². The van der Waals surface area contributed by atoms with Crippen molar-refractivity contribution in [3.63, 3.8) is 0 Å². The van der Waals surface area contributed by atoms with E-state index < -0.39 is 4.92 Å². The van der Waals surface area contributed by atoms with Crippen LogP contribution in [-0.4, -0.2) is 28.0 Å². The van der Waals surface area contributed by atoms with Crippen molar-refractivity contribution in [3.8, 4) is 0 Å². The van der Waals surface area contributed by atoms with Gasteiger partial charge >= 0.3 is 5.69 Å². The lowest BCUT2D eigenvalue weighted by Crippen LogP contribution is -2.21. The second-order valence-corrected chi connectivity index (χ2v) is 5.84. The molecule has 1 aromatic carbocycles. The number of nitro groups is 1. The minimum Gasteiger partial charge on any atom is -0.351 e. The topological polar surface area (TPSA) is 84.2 Å². The number of hydrogen-bond acceptors (Lipinski definition) is 6. The number of anilines is 3. The second kappa shape index (κ2) is 6.37. The van der Waals surface area contributed by atoms with Crippen molar-refractivity contribution in [2.24, 2.45) is 0 Å². The molecular weight excluding hydrogens is 318 g/mol. The maximum Gasteiger partial charge on any atom is 0.353 e. The van der Waals surface area contributed by atoms with Crippen molar-refractivity contribution < 1.29 is 4.92 Å². The van der Waals surface area contributed by atoms with Crippen molar-refractivity contribution in [2.75, 3.05) is 23.3 Å². The molecule has 1 N–H and O–H groups in total. The fourth-order valence-electron chi connectivity index (χ4n) is 2.60. The Morgan fingerprint density at radius 1 is 1.30 bits per heavy atom. The summed E-state index contributed by atoms with van der Waals surface area (Å²) in [4.78, 5) is 21.2. The standard InChI is InChI=1S/C15H16ClN5O2/c1-10-4-5-11(8-12(10)16)19-14-13(21(22)23)15(18-9-17-14)20-6-2-3-7-20/h4-5,8-9H,2-3,6-7H2,1H3,(H,17,18,19). The molecule has 0 amide bonds. The van der Waals surface area contributed by atoms with E-state index in [1.165, 1.54) is 6.33 Å². The second-order valence-electron chi connectivity index (χ2n) is 5.43. The van der Waals surface area contributed by atoms with Gasteiger partial charge < -0.3 is 10.2 Å². The van der Waals surface area contributed by atoms with Crippen LogP contribution in [0.2, 0.25) is 5.02 Å². The van der Waals surface area contributed by atoms with Crippen LogP contribution in [0.1, 0.15) is 18.4 Å². The molecule has 1 saturated heterocycles. The fourth-order valence-corrected chi connectivity index (χ4v) is 2.78. The van der Waals surface area contributed by atoms with E-state index in [-0.39, 0.29) is 11.5 Å². The molecule has 3 rings (SSSR count). The zero-order valence-electron chi connectivity index (χ0n) is 12.6. The molecule has 0 unspecified atom stereocenters. The van der Waals surface area contributed by atoms with Crippen LogP contribution in [0.4, 0.5) is 23.0 Å². The molecule has 0 bridgehead atoms. The third kappa shape index (κ3) is 3.19. The van der Waals surface area contributed by atoms with Crippen molar-refractivity contribution in [1.82, 2.24) is 9.97 Å². The Morgan fingerprint density at radius 3 is 2.70 bits per heavy atom. The normalized spacial score (nSPS) is 14.1. The van der Waals surface area contributed by atoms with E-state index in [2.05, 4.69) is 15.3 Å². The number of benzene rings is 1. The van der Waals surface area contributed by atoms with Crippen LogP contribution in [0.5, 0.6) is 0 Å². The smallest absolute Gasteiger partial charge is 0.351 e. The maximum atomic E-state index is 11.5. The van der Waals surface area contributed by atoms with Gasteiger partial charge in [-0.2, -0.15) is 0 Å². The van der Waals surface area contributed by atoms with Crippen molar-refractivity contribution in [1.29, 1.82) is 0 Å². The molecule has 1 fully saturated rings. The van der Waals surface area contributed by atoms with Crippen LogP contribution < -0.4 is 10.2 Å². The summed E-state index contributed by atoms with van der Waals surface area (Å²) in [5.41, 5.74) is 1.48. The fraction of sp³-hybridized carbons (Fsp3) is 0.333. The number of aromatic nitrogens is 2. The van der Waals surface area contributed by atoms with Crippen molar-refractivity contribution in [3.05, 3.63) is 45.2 Å². The van der Waals surface area contributed by atoms with Gasteiger partial charge in [0.2, 0.25) is 11.6 Å². The Bertz CT molecular complexity index is 747. The summed E-state index contributed by atoms with van der Waals surface area (Å²) in [7, 11) is 0. The summed E-state index contributed by atoms with van der Waals surface area (Å²) in [5, 5.41) is 15.1. The molecule has 2 heterocycles. The molecular formula is C15H16ClN5O2. The number of rotatable bonds is 4. The summed E-state index contributed by atoms with van der Waals surface area (Å²) in [6.45, 7) is 3.44. The van der Waals surface area contributed by atoms with Crippen LogP contribution in [-0.2, 0) is 0 Å². The number of halogens is 1. The van der Waals surface area contributed by atoms with Crippen LogP contribution in [0.15, 0.2) is 24.5 Å². The van der Waals surface area contributed by atoms with Crippen molar-refractivity contribution >= 4 is 34.6 Å². The van der Waals surface area contributed by atoms with E-state index in [1.807, 2.05) is 24.0 Å². The average molecular weight is 334 g/mol. The first kappa shape index (κ1) is 15.5. The van der Waals surface area contributed by atoms with Gasteiger partial charge in [-0.05, 0) is 37.5 Å². The predicted molar refractivity (Wildman–Crippen MR) is 89.6 cm³/mol. The Labute approximate surface area is 138 Å². The number of hydrogen-bond donors (Lipinski definition) is 1. The highest BCUT2D eigenvalue weighted by molar-refractivity contribution is 6.31. The molecule has 0 radical (unpaired) electrons. The summed E-state index contributed by atoms with van der Waals surface area (Å²) in [6, 6.07) is 5.37. The SMILES string of the molecule is Cc1ccc(Nc2ncnc(N3CCCC3)c2[N+](=O)[O-])cc1Cl. The molecule has 2 aromatic rings. The highest BCUT2D eigenvalue weighted by atomic mass is 35.5. The maximum absolute atomic E-state index is 11.5. The van der Waals surface area contributed by atoms with Gasteiger partial charge in [-0.1, -0.05) is 17.7 Å². The first-order valence-corrected chi connectivity index (χ1v) is 7.71. The molecule has 0 saturated carbocycles. The van der Waals surface area contributed by atoms with Crippen LogP contribution in [0.3, 0.4) is 0 Å². The Morgan fingerprint density at radius 2 is 2.04 bits per heavy atom. The predicted octanol–water partition coefficient (Wildman–Crippen LogP) is 3.69.